The van der Waals surface area contributed by atoms with Crippen LogP contribution in [0.25, 0.3) is 0 Å². The summed E-state index contributed by atoms with van der Waals surface area (Å²) in [5, 5.41) is 12.8. The van der Waals surface area contributed by atoms with Crippen molar-refractivity contribution in [2.24, 2.45) is 17.3 Å². The van der Waals surface area contributed by atoms with Gasteiger partial charge in [0, 0.05) is 11.8 Å². The Hall–Kier alpha value is -0.880. The molecule has 1 aromatic heterocycles. The topological polar surface area (TPSA) is 36.7 Å². The highest BCUT2D eigenvalue weighted by molar-refractivity contribution is 7.09. The molecule has 3 atom stereocenters. The zero-order valence-electron chi connectivity index (χ0n) is 9.57. The molecule has 0 N–H and O–H groups in total. The van der Waals surface area contributed by atoms with Gasteiger partial charge in [-0.1, -0.05) is 6.42 Å². The molecule has 2 fully saturated rings. The second kappa shape index (κ2) is 3.56. The minimum atomic E-state index is -0.0799. The fourth-order valence-corrected chi connectivity index (χ4v) is 4.26. The van der Waals surface area contributed by atoms with E-state index in [-0.39, 0.29) is 5.41 Å². The van der Waals surface area contributed by atoms with Gasteiger partial charge in [0.1, 0.15) is 0 Å². The molecule has 3 unspecified atom stereocenters. The summed E-state index contributed by atoms with van der Waals surface area (Å²) in [5.41, 5.74) is 1.06. The minimum absolute atomic E-state index is 0.0799. The third kappa shape index (κ3) is 1.48. The lowest BCUT2D eigenvalue weighted by Gasteiger charge is -2.30. The van der Waals surface area contributed by atoms with Crippen molar-refractivity contribution in [1.29, 1.82) is 5.26 Å². The molecule has 16 heavy (non-hydrogen) atoms. The molecular formula is C13H16N2S. The van der Waals surface area contributed by atoms with E-state index in [1.54, 1.807) is 11.3 Å². The molecular weight excluding hydrogens is 216 g/mol. The molecule has 2 nitrogen and oxygen atoms in total. The minimum Gasteiger partial charge on any atom is -0.247 e. The predicted octanol–water partition coefficient (Wildman–Crippen LogP) is 3.32. The quantitative estimate of drug-likeness (QED) is 0.784. The van der Waals surface area contributed by atoms with Crippen molar-refractivity contribution in [2.75, 3.05) is 0 Å². The average molecular weight is 232 g/mol. The number of hydrogen-bond acceptors (Lipinski definition) is 3. The Labute approximate surface area is 100 Å². The zero-order valence-corrected chi connectivity index (χ0v) is 10.4. The third-order valence-corrected chi connectivity index (χ3v) is 5.18. The lowest BCUT2D eigenvalue weighted by Crippen LogP contribution is -2.28. The van der Waals surface area contributed by atoms with Crippen molar-refractivity contribution in [1.82, 2.24) is 4.98 Å². The van der Waals surface area contributed by atoms with Crippen LogP contribution in [0, 0.1) is 35.5 Å². The Bertz CT molecular complexity index is 445. The highest BCUT2D eigenvalue weighted by atomic mass is 32.1. The molecule has 2 saturated carbocycles. The van der Waals surface area contributed by atoms with Gasteiger partial charge in [-0.2, -0.15) is 5.26 Å². The normalized spacial score (nSPS) is 36.5. The van der Waals surface area contributed by atoms with Gasteiger partial charge in [-0.05, 0) is 38.0 Å². The summed E-state index contributed by atoms with van der Waals surface area (Å²) in [7, 11) is 0. The number of thiazole rings is 1. The Balaban J connectivity index is 1.85. The van der Waals surface area contributed by atoms with Crippen LogP contribution in [0.2, 0.25) is 0 Å². The molecule has 1 heterocycles. The number of nitrogens with zero attached hydrogens (tertiary/aromatic N) is 2. The summed E-state index contributed by atoms with van der Waals surface area (Å²) in [5.74, 6) is 1.47. The maximum Gasteiger partial charge on any atom is 0.0897 e. The average Bonchev–Trinajstić information content (AvgIpc) is 2.94. The number of aromatic nitrogens is 1. The molecule has 3 heteroatoms. The van der Waals surface area contributed by atoms with E-state index in [2.05, 4.69) is 16.4 Å². The van der Waals surface area contributed by atoms with Crippen LogP contribution < -0.4 is 0 Å². The van der Waals surface area contributed by atoms with Gasteiger partial charge in [-0.25, -0.2) is 4.98 Å². The lowest BCUT2D eigenvalue weighted by atomic mass is 9.71. The maximum atomic E-state index is 9.53. The number of fused-ring (bicyclic) bond motifs is 2. The van der Waals surface area contributed by atoms with Crippen LogP contribution in [0.1, 0.15) is 36.4 Å². The molecule has 2 aliphatic carbocycles. The fraction of sp³-hybridized carbons (Fsp3) is 0.692. The monoisotopic (exact) mass is 232 g/mol. The number of nitriles is 1. The van der Waals surface area contributed by atoms with Crippen molar-refractivity contribution in [2.45, 2.75) is 39.0 Å². The Morgan fingerprint density at radius 3 is 3.00 bits per heavy atom. The Morgan fingerprint density at radius 1 is 1.62 bits per heavy atom. The molecule has 1 aromatic rings. The van der Waals surface area contributed by atoms with Gasteiger partial charge in [-0.3, -0.25) is 0 Å². The van der Waals surface area contributed by atoms with E-state index in [1.807, 2.05) is 6.92 Å². The number of aryl methyl sites for hydroxylation is 1. The van der Waals surface area contributed by atoms with E-state index >= 15 is 0 Å². The van der Waals surface area contributed by atoms with E-state index in [9.17, 15) is 5.26 Å². The van der Waals surface area contributed by atoms with Crippen molar-refractivity contribution < 1.29 is 0 Å². The summed E-state index contributed by atoms with van der Waals surface area (Å²) in [6.45, 7) is 2.04. The van der Waals surface area contributed by atoms with Gasteiger partial charge in [0.2, 0.25) is 0 Å². The first-order valence-electron chi connectivity index (χ1n) is 6.04. The summed E-state index contributed by atoms with van der Waals surface area (Å²) in [6.07, 6.45) is 5.90. The van der Waals surface area contributed by atoms with Crippen LogP contribution in [-0.4, -0.2) is 4.98 Å². The first-order chi connectivity index (χ1) is 7.72. The lowest BCUT2D eigenvalue weighted by molar-refractivity contribution is 0.237. The predicted molar refractivity (Wildman–Crippen MR) is 64.0 cm³/mol. The second-order valence-electron chi connectivity index (χ2n) is 5.38. The van der Waals surface area contributed by atoms with Crippen LogP contribution in [0.15, 0.2) is 5.38 Å². The number of hydrogen-bond donors (Lipinski definition) is 0. The molecule has 2 bridgehead atoms. The first kappa shape index (κ1) is 10.3. The number of rotatable bonds is 2. The SMILES string of the molecule is Cc1nc(CC2(C#N)CC3CCC2C3)cs1. The van der Waals surface area contributed by atoms with E-state index in [0.29, 0.717) is 5.92 Å². The van der Waals surface area contributed by atoms with Gasteiger partial charge in [0.15, 0.2) is 0 Å². The van der Waals surface area contributed by atoms with Crippen molar-refractivity contribution in [3.8, 4) is 6.07 Å². The Morgan fingerprint density at radius 2 is 2.50 bits per heavy atom. The molecule has 3 rings (SSSR count). The standard InChI is InChI=1S/C13H16N2S/c1-9-15-12(7-16-9)6-13(8-14)5-10-2-3-11(13)4-10/h7,10-11H,2-6H2,1H3. The van der Waals surface area contributed by atoms with Crippen LogP contribution >= 0.6 is 11.3 Å². The van der Waals surface area contributed by atoms with E-state index < -0.39 is 0 Å². The van der Waals surface area contributed by atoms with E-state index in [0.717, 1.165) is 29.5 Å². The molecule has 0 aromatic carbocycles. The molecule has 0 saturated heterocycles. The first-order valence-corrected chi connectivity index (χ1v) is 6.92. The maximum absolute atomic E-state index is 9.53. The van der Waals surface area contributed by atoms with Crippen LogP contribution in [0.5, 0.6) is 0 Å². The van der Waals surface area contributed by atoms with Crippen molar-refractivity contribution in [3.63, 3.8) is 0 Å². The van der Waals surface area contributed by atoms with Gasteiger partial charge >= 0.3 is 0 Å². The zero-order chi connectivity index (χ0) is 11.2. The van der Waals surface area contributed by atoms with Gasteiger partial charge in [-0.15, -0.1) is 11.3 Å². The van der Waals surface area contributed by atoms with Crippen LogP contribution in [0.3, 0.4) is 0 Å². The highest BCUT2D eigenvalue weighted by Gasteiger charge is 2.51. The van der Waals surface area contributed by atoms with Gasteiger partial charge in [0.05, 0.1) is 22.2 Å². The van der Waals surface area contributed by atoms with Gasteiger partial charge < -0.3 is 0 Å². The summed E-state index contributed by atoms with van der Waals surface area (Å²) in [4.78, 5) is 4.52. The molecule has 84 valence electrons. The van der Waals surface area contributed by atoms with E-state index in [4.69, 9.17) is 0 Å². The largest absolute Gasteiger partial charge is 0.247 e. The van der Waals surface area contributed by atoms with Crippen LogP contribution in [-0.2, 0) is 6.42 Å². The van der Waals surface area contributed by atoms with Crippen LogP contribution in [0.4, 0.5) is 0 Å². The summed E-state index contributed by atoms with van der Waals surface area (Å²) >= 11 is 1.70. The molecule has 0 spiro atoms. The van der Waals surface area contributed by atoms with Crippen molar-refractivity contribution >= 4 is 11.3 Å². The molecule has 0 aliphatic heterocycles. The molecule has 0 radical (unpaired) electrons. The van der Waals surface area contributed by atoms with Crippen molar-refractivity contribution in [3.05, 3.63) is 16.1 Å². The highest BCUT2D eigenvalue weighted by Crippen LogP contribution is 2.56. The summed E-state index contributed by atoms with van der Waals surface area (Å²) < 4.78 is 0. The van der Waals surface area contributed by atoms with E-state index in [1.165, 1.54) is 19.3 Å². The Kier molecular flexibility index (Phi) is 2.29. The second-order valence-corrected chi connectivity index (χ2v) is 6.44. The molecule has 2 aliphatic rings. The summed E-state index contributed by atoms with van der Waals surface area (Å²) in [6, 6.07) is 2.63. The smallest absolute Gasteiger partial charge is 0.0897 e. The fourth-order valence-electron chi connectivity index (χ4n) is 3.65. The third-order valence-electron chi connectivity index (χ3n) is 4.36. The van der Waals surface area contributed by atoms with Gasteiger partial charge in [0.25, 0.3) is 0 Å². The molecule has 0 amide bonds.